The van der Waals surface area contributed by atoms with Gasteiger partial charge in [-0.3, -0.25) is 4.79 Å². The Kier molecular flexibility index (Phi) is 5.99. The number of aromatic nitrogens is 2. The number of hydrogen-bond donors (Lipinski definition) is 1. The van der Waals surface area contributed by atoms with Crippen LogP contribution >= 0.6 is 0 Å². The van der Waals surface area contributed by atoms with E-state index in [-0.39, 0.29) is 11.7 Å². The first-order chi connectivity index (χ1) is 12.7. The van der Waals surface area contributed by atoms with Crippen LogP contribution in [0.3, 0.4) is 0 Å². The fourth-order valence-electron chi connectivity index (χ4n) is 3.00. The van der Waals surface area contributed by atoms with E-state index in [4.69, 9.17) is 0 Å². The van der Waals surface area contributed by atoms with Crippen LogP contribution in [-0.2, 0) is 0 Å². The van der Waals surface area contributed by atoms with Crippen molar-refractivity contribution in [3.8, 4) is 0 Å². The summed E-state index contributed by atoms with van der Waals surface area (Å²) in [5.74, 6) is 0.356. The van der Waals surface area contributed by atoms with Gasteiger partial charge in [-0.1, -0.05) is 25.5 Å². The molecule has 2 heterocycles. The number of para-hydroxylation sites is 1. The molecule has 0 spiro atoms. The molecule has 138 valence electrons. The molecule has 1 aliphatic heterocycles. The van der Waals surface area contributed by atoms with Crippen molar-refractivity contribution in [2.24, 2.45) is 0 Å². The van der Waals surface area contributed by atoms with Gasteiger partial charge in [0.15, 0.2) is 0 Å². The second-order valence-electron chi connectivity index (χ2n) is 6.30. The molecule has 0 atom stereocenters. The SMILES string of the molecule is CCCCNC(=O)c1cc(N2CCN(c3ccccc3F)CC2)ncn1. The molecule has 7 heteroatoms. The average Bonchev–Trinajstić information content (AvgIpc) is 2.69. The minimum absolute atomic E-state index is 0.174. The highest BCUT2D eigenvalue weighted by Gasteiger charge is 2.21. The third kappa shape index (κ3) is 4.28. The summed E-state index contributed by atoms with van der Waals surface area (Å²) in [4.78, 5) is 24.7. The third-order valence-corrected chi connectivity index (χ3v) is 4.50. The number of anilines is 2. The van der Waals surface area contributed by atoms with E-state index in [1.165, 1.54) is 12.4 Å². The van der Waals surface area contributed by atoms with Crippen LogP contribution in [0.1, 0.15) is 30.3 Å². The molecule has 1 aromatic heterocycles. The Morgan fingerprint density at radius 2 is 1.88 bits per heavy atom. The maximum Gasteiger partial charge on any atom is 0.270 e. The number of amides is 1. The first-order valence-corrected chi connectivity index (χ1v) is 9.03. The Bertz CT molecular complexity index is 746. The van der Waals surface area contributed by atoms with Crippen molar-refractivity contribution in [1.29, 1.82) is 0 Å². The summed E-state index contributed by atoms with van der Waals surface area (Å²) >= 11 is 0. The van der Waals surface area contributed by atoms with Gasteiger partial charge in [-0.15, -0.1) is 0 Å². The Morgan fingerprint density at radius 1 is 1.15 bits per heavy atom. The topological polar surface area (TPSA) is 61.4 Å². The van der Waals surface area contributed by atoms with Gasteiger partial charge < -0.3 is 15.1 Å². The maximum atomic E-state index is 13.9. The summed E-state index contributed by atoms with van der Waals surface area (Å²) in [5, 5.41) is 2.87. The van der Waals surface area contributed by atoms with Gasteiger partial charge >= 0.3 is 0 Å². The van der Waals surface area contributed by atoms with Gasteiger partial charge in [0.25, 0.3) is 5.91 Å². The lowest BCUT2D eigenvalue weighted by Gasteiger charge is -2.36. The number of hydrogen-bond acceptors (Lipinski definition) is 5. The highest BCUT2D eigenvalue weighted by Crippen LogP contribution is 2.22. The quantitative estimate of drug-likeness (QED) is 0.805. The molecular weight excluding hydrogens is 333 g/mol. The predicted octanol–water partition coefficient (Wildman–Crippen LogP) is 2.47. The number of benzene rings is 1. The van der Waals surface area contributed by atoms with Crippen molar-refractivity contribution in [3.63, 3.8) is 0 Å². The van der Waals surface area contributed by atoms with Crippen LogP contribution < -0.4 is 15.1 Å². The first-order valence-electron chi connectivity index (χ1n) is 9.03. The van der Waals surface area contributed by atoms with Gasteiger partial charge in [-0.25, -0.2) is 14.4 Å². The van der Waals surface area contributed by atoms with Gasteiger partial charge in [-0.05, 0) is 18.6 Å². The van der Waals surface area contributed by atoms with Gasteiger partial charge in [-0.2, -0.15) is 0 Å². The first kappa shape index (κ1) is 18.1. The summed E-state index contributed by atoms with van der Waals surface area (Å²) < 4.78 is 13.9. The number of nitrogens with one attached hydrogen (secondary N) is 1. The summed E-state index contributed by atoms with van der Waals surface area (Å²) in [6.45, 7) is 5.54. The zero-order valence-corrected chi connectivity index (χ0v) is 15.0. The fourth-order valence-corrected chi connectivity index (χ4v) is 3.00. The molecule has 1 aliphatic rings. The van der Waals surface area contributed by atoms with Crippen molar-refractivity contribution < 1.29 is 9.18 Å². The van der Waals surface area contributed by atoms with Gasteiger partial charge in [0, 0.05) is 38.8 Å². The van der Waals surface area contributed by atoms with E-state index >= 15 is 0 Å². The molecule has 3 rings (SSSR count). The fraction of sp³-hybridized carbons (Fsp3) is 0.421. The van der Waals surface area contributed by atoms with Crippen LogP contribution in [0.4, 0.5) is 15.9 Å². The van der Waals surface area contributed by atoms with Crippen LogP contribution in [0, 0.1) is 5.82 Å². The Balaban J connectivity index is 1.62. The second-order valence-corrected chi connectivity index (χ2v) is 6.30. The molecule has 2 aromatic rings. The highest BCUT2D eigenvalue weighted by atomic mass is 19.1. The van der Waals surface area contributed by atoms with E-state index in [0.29, 0.717) is 44.1 Å². The molecule has 1 saturated heterocycles. The van der Waals surface area contributed by atoms with Crippen molar-refractivity contribution in [1.82, 2.24) is 15.3 Å². The average molecular weight is 357 g/mol. The lowest BCUT2D eigenvalue weighted by molar-refractivity contribution is 0.0948. The van der Waals surface area contributed by atoms with Crippen LogP contribution in [0.2, 0.25) is 0 Å². The molecule has 1 amide bonds. The second kappa shape index (κ2) is 8.60. The number of piperazine rings is 1. The van der Waals surface area contributed by atoms with E-state index in [2.05, 4.69) is 27.1 Å². The van der Waals surface area contributed by atoms with Gasteiger partial charge in [0.2, 0.25) is 0 Å². The molecule has 0 aliphatic carbocycles. The minimum atomic E-state index is -0.200. The smallest absolute Gasteiger partial charge is 0.270 e. The van der Waals surface area contributed by atoms with Crippen molar-refractivity contribution in [2.45, 2.75) is 19.8 Å². The van der Waals surface area contributed by atoms with E-state index < -0.39 is 0 Å². The van der Waals surface area contributed by atoms with Crippen molar-refractivity contribution in [2.75, 3.05) is 42.5 Å². The Hall–Kier alpha value is -2.70. The van der Waals surface area contributed by atoms with Gasteiger partial charge in [0.1, 0.15) is 23.7 Å². The molecule has 0 unspecified atom stereocenters. The molecule has 1 N–H and O–H groups in total. The Morgan fingerprint density at radius 3 is 2.62 bits per heavy atom. The number of carbonyl (C=O) groups is 1. The van der Waals surface area contributed by atoms with E-state index in [1.807, 2.05) is 11.0 Å². The number of carbonyl (C=O) groups excluding carboxylic acids is 1. The van der Waals surface area contributed by atoms with Crippen LogP contribution in [0.5, 0.6) is 0 Å². The number of halogens is 1. The monoisotopic (exact) mass is 357 g/mol. The lowest BCUT2D eigenvalue weighted by atomic mass is 10.2. The highest BCUT2D eigenvalue weighted by molar-refractivity contribution is 5.92. The van der Waals surface area contributed by atoms with E-state index in [1.54, 1.807) is 18.2 Å². The predicted molar refractivity (Wildman–Crippen MR) is 100 cm³/mol. The van der Waals surface area contributed by atoms with Crippen LogP contribution in [0.25, 0.3) is 0 Å². The van der Waals surface area contributed by atoms with E-state index in [9.17, 15) is 9.18 Å². The molecular formula is C19H24FN5O. The summed E-state index contributed by atoms with van der Waals surface area (Å²) in [6, 6.07) is 8.55. The number of unbranched alkanes of at least 4 members (excludes halogenated alkanes) is 1. The summed E-state index contributed by atoms with van der Waals surface area (Å²) in [5.41, 5.74) is 1.01. The molecule has 0 radical (unpaired) electrons. The minimum Gasteiger partial charge on any atom is -0.366 e. The molecule has 26 heavy (non-hydrogen) atoms. The zero-order chi connectivity index (χ0) is 18.4. The standard InChI is InChI=1S/C19H24FN5O/c1-2-3-8-21-19(26)16-13-18(23-14-22-16)25-11-9-24(10-12-25)17-7-5-4-6-15(17)20/h4-7,13-14H,2-3,8-12H2,1H3,(H,21,26). The normalized spacial score (nSPS) is 14.4. The van der Waals surface area contributed by atoms with Crippen molar-refractivity contribution >= 4 is 17.4 Å². The van der Waals surface area contributed by atoms with E-state index in [0.717, 1.165) is 18.7 Å². The van der Waals surface area contributed by atoms with Gasteiger partial charge in [0.05, 0.1) is 5.69 Å². The number of rotatable bonds is 6. The molecule has 1 aromatic carbocycles. The number of nitrogens with zero attached hydrogens (tertiary/aromatic N) is 4. The van der Waals surface area contributed by atoms with Crippen molar-refractivity contribution in [3.05, 3.63) is 48.2 Å². The molecule has 0 bridgehead atoms. The Labute approximate surface area is 153 Å². The molecule has 1 fully saturated rings. The maximum absolute atomic E-state index is 13.9. The summed E-state index contributed by atoms with van der Waals surface area (Å²) in [6.07, 6.45) is 3.40. The van der Waals surface area contributed by atoms with Crippen LogP contribution in [-0.4, -0.2) is 48.6 Å². The largest absolute Gasteiger partial charge is 0.366 e. The molecule has 0 saturated carbocycles. The summed E-state index contributed by atoms with van der Waals surface area (Å²) in [7, 11) is 0. The third-order valence-electron chi connectivity index (χ3n) is 4.50. The lowest BCUT2D eigenvalue weighted by Crippen LogP contribution is -2.47. The van der Waals surface area contributed by atoms with Crippen LogP contribution in [0.15, 0.2) is 36.7 Å². The zero-order valence-electron chi connectivity index (χ0n) is 15.0. The molecule has 6 nitrogen and oxygen atoms in total.